The second kappa shape index (κ2) is 10.8. The summed E-state index contributed by atoms with van der Waals surface area (Å²) < 4.78 is 4.82. The fraction of sp³-hybridized carbons (Fsp3) is 0.528. The molecule has 2 heterocycles. The van der Waals surface area contributed by atoms with E-state index in [-0.39, 0.29) is 23.9 Å². The van der Waals surface area contributed by atoms with Crippen LogP contribution < -0.4 is 5.32 Å². The van der Waals surface area contributed by atoms with Crippen LogP contribution >= 0.6 is 0 Å². The third-order valence-electron chi connectivity index (χ3n) is 11.1. The number of piperidine rings is 1. The van der Waals surface area contributed by atoms with Crippen LogP contribution in [0.5, 0.6) is 0 Å². The van der Waals surface area contributed by atoms with Gasteiger partial charge in [-0.15, -0.1) is 0 Å². The zero-order valence-electron chi connectivity index (χ0n) is 25.9. The van der Waals surface area contributed by atoms with E-state index in [1.54, 1.807) is 11.1 Å². The van der Waals surface area contributed by atoms with Crippen LogP contribution in [-0.2, 0) is 21.4 Å². The first-order valence-electron chi connectivity index (χ1n) is 16.2. The Bertz CT molecular complexity index is 1530. The van der Waals surface area contributed by atoms with Crippen molar-refractivity contribution in [2.75, 3.05) is 7.11 Å². The normalized spacial score (nSPS) is 24.1. The number of nitrogens with zero attached hydrogens (tertiary/aromatic N) is 2. The molecular formula is C36H44N4O3. The first-order valence-corrected chi connectivity index (χ1v) is 16.2. The second-order valence-corrected chi connectivity index (χ2v) is 13.8. The number of nitrogens with one attached hydrogen (secondary N) is 2. The van der Waals surface area contributed by atoms with E-state index in [4.69, 9.17) is 9.72 Å². The number of methoxy groups -OCH3 is 1. The Morgan fingerprint density at radius 2 is 1.79 bits per heavy atom. The van der Waals surface area contributed by atoms with E-state index in [1.165, 1.54) is 62.3 Å². The zero-order chi connectivity index (χ0) is 29.9. The smallest absolute Gasteiger partial charge is 0.407 e. The van der Waals surface area contributed by atoms with Gasteiger partial charge < -0.3 is 19.9 Å². The number of aromatic nitrogens is 2. The standard InChI is InChI=1S/C36H44N4O3/c1-21(2)31(39-35(42)43-4)34(41)40-26-13-12-25(19-26)32(40)33-37-20-29(38-33)24-10-8-23(9-11-24)28-14-7-22(3)27-15-18-36(30(27)28)16-5-6-17-36/h7-11,14,20-21,25-26,31-32H,5-6,12-13,15-19H2,1-4H3,(H,37,38)(H,39,42)/t25?,26?,31-,32-/m0/s1. The van der Waals surface area contributed by atoms with Crippen LogP contribution in [0.2, 0.25) is 0 Å². The lowest BCUT2D eigenvalue weighted by atomic mass is 9.76. The first-order chi connectivity index (χ1) is 20.8. The number of likely N-dealkylation sites (tertiary alicyclic amines) is 1. The molecule has 2 aromatic carbocycles. The molecule has 1 aromatic heterocycles. The van der Waals surface area contributed by atoms with Crippen molar-refractivity contribution in [1.29, 1.82) is 0 Å². The van der Waals surface area contributed by atoms with Gasteiger partial charge in [-0.1, -0.05) is 63.1 Å². The van der Waals surface area contributed by atoms with Crippen molar-refractivity contribution >= 4 is 12.0 Å². The number of benzene rings is 2. The van der Waals surface area contributed by atoms with Crippen LogP contribution in [0.3, 0.4) is 0 Å². The lowest BCUT2D eigenvalue weighted by Crippen LogP contribution is -2.54. The SMILES string of the molecule is COC(=O)N[C@H](C(=O)N1C2CCC(C2)[C@H]1c1ncc(-c2ccc(-c3ccc(C)c4c3C3(CCCC3)CC4)cc2)[nH]1)C(C)C. The minimum absolute atomic E-state index is 0.0504. The largest absolute Gasteiger partial charge is 0.453 e. The van der Waals surface area contributed by atoms with Gasteiger partial charge in [0.05, 0.1) is 25.0 Å². The highest BCUT2D eigenvalue weighted by Crippen LogP contribution is 2.54. The number of imidazole rings is 1. The molecule has 1 aliphatic heterocycles. The van der Waals surface area contributed by atoms with Gasteiger partial charge in [-0.25, -0.2) is 9.78 Å². The van der Waals surface area contributed by atoms with Gasteiger partial charge in [0.2, 0.25) is 5.91 Å². The van der Waals surface area contributed by atoms with Crippen molar-refractivity contribution in [3.05, 3.63) is 65.1 Å². The summed E-state index contributed by atoms with van der Waals surface area (Å²) in [4.78, 5) is 36.3. The Morgan fingerprint density at radius 1 is 1.05 bits per heavy atom. The average Bonchev–Trinajstić information content (AvgIpc) is 3.85. The quantitative estimate of drug-likeness (QED) is 0.322. The fourth-order valence-corrected chi connectivity index (χ4v) is 8.94. The number of carbonyl (C=O) groups excluding carboxylic acids is 2. The Labute approximate surface area is 254 Å². The van der Waals surface area contributed by atoms with Crippen molar-refractivity contribution in [3.63, 3.8) is 0 Å². The number of hydrogen-bond donors (Lipinski definition) is 2. The van der Waals surface area contributed by atoms with E-state index in [1.807, 2.05) is 24.9 Å². The van der Waals surface area contributed by atoms with E-state index in [2.05, 4.69) is 53.6 Å². The molecule has 4 atom stereocenters. The number of rotatable bonds is 6. The summed E-state index contributed by atoms with van der Waals surface area (Å²) >= 11 is 0. The van der Waals surface area contributed by atoms with Crippen molar-refractivity contribution < 1.29 is 14.3 Å². The van der Waals surface area contributed by atoms with Crippen LogP contribution in [0.4, 0.5) is 4.79 Å². The molecule has 43 heavy (non-hydrogen) atoms. The average molecular weight is 581 g/mol. The number of H-pyrrole nitrogens is 1. The van der Waals surface area contributed by atoms with Crippen molar-refractivity contribution in [1.82, 2.24) is 20.2 Å². The maximum atomic E-state index is 13.9. The Balaban J connectivity index is 1.15. The van der Waals surface area contributed by atoms with Crippen LogP contribution in [-0.4, -0.2) is 46.1 Å². The van der Waals surface area contributed by atoms with Gasteiger partial charge in [-0.05, 0) is 103 Å². The molecule has 1 saturated heterocycles. The molecule has 3 aliphatic carbocycles. The number of ether oxygens (including phenoxy) is 1. The van der Waals surface area contributed by atoms with Crippen LogP contribution in [0.1, 0.15) is 93.8 Å². The van der Waals surface area contributed by atoms with Crippen molar-refractivity contribution in [2.45, 2.75) is 102 Å². The monoisotopic (exact) mass is 580 g/mol. The molecule has 2 bridgehead atoms. The van der Waals surface area contributed by atoms with Gasteiger partial charge in [0.1, 0.15) is 11.9 Å². The maximum absolute atomic E-state index is 13.9. The third kappa shape index (κ3) is 4.67. The van der Waals surface area contributed by atoms with E-state index in [9.17, 15) is 9.59 Å². The minimum atomic E-state index is -0.636. The molecule has 226 valence electrons. The predicted octanol–water partition coefficient (Wildman–Crippen LogP) is 7.24. The highest BCUT2D eigenvalue weighted by Gasteiger charge is 2.51. The Morgan fingerprint density at radius 3 is 2.51 bits per heavy atom. The zero-order valence-corrected chi connectivity index (χ0v) is 25.9. The molecule has 2 saturated carbocycles. The fourth-order valence-electron chi connectivity index (χ4n) is 8.94. The van der Waals surface area contributed by atoms with Crippen LogP contribution in [0.25, 0.3) is 22.4 Å². The van der Waals surface area contributed by atoms with Gasteiger partial charge >= 0.3 is 6.09 Å². The number of carbonyl (C=O) groups is 2. The number of hydrogen-bond acceptors (Lipinski definition) is 4. The lowest BCUT2D eigenvalue weighted by Gasteiger charge is -2.37. The number of aromatic amines is 1. The molecule has 2 N–H and O–H groups in total. The molecule has 3 aromatic rings. The Hall–Kier alpha value is -3.61. The van der Waals surface area contributed by atoms with E-state index in [0.717, 1.165) is 36.3 Å². The van der Waals surface area contributed by atoms with E-state index in [0.29, 0.717) is 11.3 Å². The number of fused-ring (bicyclic) bond motifs is 4. The molecule has 4 aliphatic rings. The molecule has 7 nitrogen and oxygen atoms in total. The summed E-state index contributed by atoms with van der Waals surface area (Å²) in [6.45, 7) is 6.18. The molecule has 7 rings (SSSR count). The maximum Gasteiger partial charge on any atom is 0.407 e. The summed E-state index contributed by atoms with van der Waals surface area (Å²) in [5.41, 5.74) is 9.79. The first kappa shape index (κ1) is 28.2. The second-order valence-electron chi connectivity index (χ2n) is 13.8. The molecule has 0 radical (unpaired) electrons. The molecule has 2 unspecified atom stereocenters. The summed E-state index contributed by atoms with van der Waals surface area (Å²) in [6, 6.07) is 13.0. The number of alkyl carbamates (subject to hydrolysis) is 1. The third-order valence-corrected chi connectivity index (χ3v) is 11.1. The Kier molecular flexibility index (Phi) is 7.10. The van der Waals surface area contributed by atoms with Crippen LogP contribution in [0.15, 0.2) is 42.6 Å². The van der Waals surface area contributed by atoms with Crippen molar-refractivity contribution in [2.24, 2.45) is 11.8 Å². The van der Waals surface area contributed by atoms with Gasteiger partial charge in [-0.3, -0.25) is 4.79 Å². The minimum Gasteiger partial charge on any atom is -0.453 e. The molecule has 3 fully saturated rings. The van der Waals surface area contributed by atoms with E-state index < -0.39 is 12.1 Å². The summed E-state index contributed by atoms with van der Waals surface area (Å²) in [5.74, 6) is 1.09. The van der Waals surface area contributed by atoms with Gasteiger partial charge in [0.25, 0.3) is 0 Å². The predicted molar refractivity (Wildman–Crippen MR) is 168 cm³/mol. The topological polar surface area (TPSA) is 87.3 Å². The summed E-state index contributed by atoms with van der Waals surface area (Å²) in [7, 11) is 1.33. The highest BCUT2D eigenvalue weighted by molar-refractivity contribution is 5.87. The van der Waals surface area contributed by atoms with E-state index >= 15 is 0 Å². The molecule has 2 amide bonds. The molecular weight excluding hydrogens is 536 g/mol. The van der Waals surface area contributed by atoms with Gasteiger partial charge in [0.15, 0.2) is 0 Å². The summed E-state index contributed by atoms with van der Waals surface area (Å²) in [5, 5.41) is 2.78. The molecule has 7 heteroatoms. The van der Waals surface area contributed by atoms with Gasteiger partial charge in [-0.2, -0.15) is 0 Å². The molecule has 1 spiro atoms. The number of amides is 2. The lowest BCUT2D eigenvalue weighted by molar-refractivity contribution is -0.139. The van der Waals surface area contributed by atoms with Gasteiger partial charge in [0, 0.05) is 6.04 Å². The van der Waals surface area contributed by atoms with Crippen LogP contribution in [0, 0.1) is 18.8 Å². The summed E-state index contributed by atoms with van der Waals surface area (Å²) in [6.07, 6.45) is 12.2. The highest BCUT2D eigenvalue weighted by atomic mass is 16.5. The number of aryl methyl sites for hydroxylation is 1. The van der Waals surface area contributed by atoms with Crippen molar-refractivity contribution in [3.8, 4) is 22.4 Å².